The van der Waals surface area contributed by atoms with Crippen LogP contribution in [-0.4, -0.2) is 15.9 Å². The molecule has 1 saturated carbocycles. The molecule has 0 aromatic carbocycles. The SMILES string of the molecule is c1cc([C@H]2C[C@@H]2c2nc(C3CCCCS3)no2)cs1. The number of aromatic nitrogens is 2. The molecule has 2 aliphatic rings. The van der Waals surface area contributed by atoms with Crippen LogP contribution in [0.3, 0.4) is 0 Å². The minimum atomic E-state index is 0.462. The minimum absolute atomic E-state index is 0.462. The van der Waals surface area contributed by atoms with E-state index in [-0.39, 0.29) is 0 Å². The van der Waals surface area contributed by atoms with Gasteiger partial charge in [0.2, 0.25) is 5.89 Å². The Bertz CT molecular complexity index is 546. The van der Waals surface area contributed by atoms with Crippen molar-refractivity contribution in [1.29, 1.82) is 0 Å². The molecule has 100 valence electrons. The van der Waals surface area contributed by atoms with Gasteiger partial charge in [-0.1, -0.05) is 11.6 Å². The maximum absolute atomic E-state index is 5.50. The summed E-state index contributed by atoms with van der Waals surface area (Å²) in [4.78, 5) is 4.66. The van der Waals surface area contributed by atoms with Gasteiger partial charge >= 0.3 is 0 Å². The van der Waals surface area contributed by atoms with Gasteiger partial charge in [0.25, 0.3) is 0 Å². The zero-order chi connectivity index (χ0) is 12.7. The summed E-state index contributed by atoms with van der Waals surface area (Å²) in [6.45, 7) is 0. The Morgan fingerprint density at radius 2 is 2.26 bits per heavy atom. The first kappa shape index (κ1) is 12.0. The average Bonchev–Trinajstić information content (AvgIpc) is 2.93. The largest absolute Gasteiger partial charge is 0.339 e. The van der Waals surface area contributed by atoms with Crippen LogP contribution in [0.25, 0.3) is 0 Å². The van der Waals surface area contributed by atoms with Crippen LogP contribution in [0.1, 0.15) is 60.0 Å². The average molecular weight is 292 g/mol. The van der Waals surface area contributed by atoms with Gasteiger partial charge in [-0.25, -0.2) is 0 Å². The molecule has 0 N–H and O–H groups in total. The molecule has 1 aliphatic heterocycles. The van der Waals surface area contributed by atoms with Crippen LogP contribution in [0, 0.1) is 0 Å². The van der Waals surface area contributed by atoms with Crippen molar-refractivity contribution < 1.29 is 4.52 Å². The van der Waals surface area contributed by atoms with E-state index >= 15 is 0 Å². The van der Waals surface area contributed by atoms with Crippen LogP contribution in [0.2, 0.25) is 0 Å². The molecule has 3 heterocycles. The third-order valence-electron chi connectivity index (χ3n) is 4.00. The lowest BCUT2D eigenvalue weighted by molar-refractivity contribution is 0.371. The second kappa shape index (κ2) is 4.94. The van der Waals surface area contributed by atoms with Gasteiger partial charge in [-0.15, -0.1) is 0 Å². The second-order valence-electron chi connectivity index (χ2n) is 5.35. The Labute approximate surface area is 120 Å². The molecule has 2 aromatic rings. The summed E-state index contributed by atoms with van der Waals surface area (Å²) in [5.74, 6) is 4.09. The lowest BCUT2D eigenvalue weighted by Gasteiger charge is -2.17. The second-order valence-corrected chi connectivity index (χ2v) is 7.44. The predicted octanol–water partition coefficient (Wildman–Crippen LogP) is 4.36. The smallest absolute Gasteiger partial charge is 0.230 e. The third kappa shape index (κ3) is 2.34. The van der Waals surface area contributed by atoms with Crippen LogP contribution >= 0.6 is 23.1 Å². The Hall–Kier alpha value is -0.810. The molecule has 3 nitrogen and oxygen atoms in total. The van der Waals surface area contributed by atoms with Gasteiger partial charge in [0.15, 0.2) is 5.82 Å². The molecule has 19 heavy (non-hydrogen) atoms. The number of hydrogen-bond donors (Lipinski definition) is 0. The van der Waals surface area contributed by atoms with Crippen LogP contribution < -0.4 is 0 Å². The zero-order valence-electron chi connectivity index (χ0n) is 10.6. The van der Waals surface area contributed by atoms with Crippen LogP contribution in [0.5, 0.6) is 0 Å². The molecule has 0 amide bonds. The lowest BCUT2D eigenvalue weighted by atomic mass is 10.2. The minimum Gasteiger partial charge on any atom is -0.339 e. The van der Waals surface area contributed by atoms with E-state index in [1.165, 1.54) is 30.6 Å². The van der Waals surface area contributed by atoms with Crippen molar-refractivity contribution in [2.45, 2.75) is 42.8 Å². The zero-order valence-corrected chi connectivity index (χ0v) is 12.3. The number of nitrogens with zero attached hydrogens (tertiary/aromatic N) is 2. The number of rotatable bonds is 3. The van der Waals surface area contributed by atoms with E-state index in [0.29, 0.717) is 17.1 Å². The van der Waals surface area contributed by atoms with Crippen molar-refractivity contribution in [3.05, 3.63) is 34.1 Å². The molecule has 0 bridgehead atoms. The van der Waals surface area contributed by atoms with E-state index in [1.54, 1.807) is 11.3 Å². The first-order valence-electron chi connectivity index (χ1n) is 6.89. The fourth-order valence-electron chi connectivity index (χ4n) is 2.80. The lowest BCUT2D eigenvalue weighted by Crippen LogP contribution is -2.03. The molecular weight excluding hydrogens is 276 g/mol. The Morgan fingerprint density at radius 3 is 3.05 bits per heavy atom. The van der Waals surface area contributed by atoms with Crippen molar-refractivity contribution in [3.8, 4) is 0 Å². The van der Waals surface area contributed by atoms with Crippen molar-refractivity contribution in [1.82, 2.24) is 10.1 Å². The molecule has 1 aliphatic carbocycles. The molecule has 5 heteroatoms. The quantitative estimate of drug-likeness (QED) is 0.842. The standard InChI is InChI=1S/C14H16N2OS2/c1-2-5-19-12(3-1)13-15-14(17-16-13)11-7-10(11)9-4-6-18-8-9/h4,6,8,10-12H,1-3,5,7H2/t10-,11+,12?/m1/s1. The summed E-state index contributed by atoms with van der Waals surface area (Å²) in [5.41, 5.74) is 1.43. The fraction of sp³-hybridized carbons (Fsp3) is 0.571. The Balaban J connectivity index is 1.47. The van der Waals surface area contributed by atoms with E-state index in [9.17, 15) is 0 Å². The number of thioether (sulfide) groups is 1. The van der Waals surface area contributed by atoms with Crippen molar-refractivity contribution in [2.24, 2.45) is 0 Å². The first-order valence-corrected chi connectivity index (χ1v) is 8.88. The third-order valence-corrected chi connectivity index (χ3v) is 6.08. The fourth-order valence-corrected chi connectivity index (χ4v) is 4.75. The van der Waals surface area contributed by atoms with Crippen molar-refractivity contribution in [3.63, 3.8) is 0 Å². The summed E-state index contributed by atoms with van der Waals surface area (Å²) in [6, 6.07) is 2.21. The first-order chi connectivity index (χ1) is 9.42. The van der Waals surface area contributed by atoms with Crippen molar-refractivity contribution >= 4 is 23.1 Å². The van der Waals surface area contributed by atoms with E-state index < -0.39 is 0 Å². The Kier molecular flexibility index (Phi) is 3.11. The monoisotopic (exact) mass is 292 g/mol. The summed E-state index contributed by atoms with van der Waals surface area (Å²) < 4.78 is 5.50. The topological polar surface area (TPSA) is 38.9 Å². The van der Waals surface area contributed by atoms with Gasteiger partial charge in [0, 0.05) is 5.92 Å². The number of hydrogen-bond acceptors (Lipinski definition) is 5. The van der Waals surface area contributed by atoms with Gasteiger partial charge in [-0.2, -0.15) is 28.1 Å². The maximum atomic E-state index is 5.50. The molecule has 4 rings (SSSR count). The summed E-state index contributed by atoms with van der Waals surface area (Å²) in [6.07, 6.45) is 4.98. The van der Waals surface area contributed by atoms with Gasteiger partial charge < -0.3 is 4.52 Å². The summed E-state index contributed by atoms with van der Waals surface area (Å²) >= 11 is 3.74. The van der Waals surface area contributed by atoms with Crippen molar-refractivity contribution in [2.75, 3.05) is 5.75 Å². The van der Waals surface area contributed by atoms with Gasteiger partial charge in [-0.05, 0) is 53.3 Å². The van der Waals surface area contributed by atoms with E-state index in [0.717, 1.165) is 18.1 Å². The van der Waals surface area contributed by atoms with E-state index in [1.807, 2.05) is 11.8 Å². The van der Waals surface area contributed by atoms with Gasteiger partial charge in [0.05, 0.1) is 5.25 Å². The molecule has 2 fully saturated rings. The molecule has 1 unspecified atom stereocenters. The molecule has 0 spiro atoms. The predicted molar refractivity (Wildman–Crippen MR) is 77.8 cm³/mol. The van der Waals surface area contributed by atoms with Gasteiger partial charge in [0.1, 0.15) is 0 Å². The molecule has 2 aromatic heterocycles. The van der Waals surface area contributed by atoms with Gasteiger partial charge in [-0.3, -0.25) is 0 Å². The molecule has 1 saturated heterocycles. The summed E-state index contributed by atoms with van der Waals surface area (Å²) in [5, 5.41) is 9.05. The molecule has 3 atom stereocenters. The molecule has 0 radical (unpaired) electrons. The summed E-state index contributed by atoms with van der Waals surface area (Å²) in [7, 11) is 0. The van der Waals surface area contributed by atoms with Crippen LogP contribution in [0.15, 0.2) is 21.3 Å². The van der Waals surface area contributed by atoms with E-state index in [4.69, 9.17) is 4.52 Å². The van der Waals surface area contributed by atoms with Crippen LogP contribution in [-0.2, 0) is 0 Å². The highest BCUT2D eigenvalue weighted by Crippen LogP contribution is 2.54. The highest BCUT2D eigenvalue weighted by Gasteiger charge is 2.44. The Morgan fingerprint density at radius 1 is 1.26 bits per heavy atom. The molecular formula is C14H16N2OS2. The highest BCUT2D eigenvalue weighted by atomic mass is 32.2. The maximum Gasteiger partial charge on any atom is 0.230 e. The normalized spacial score (nSPS) is 30.4. The highest BCUT2D eigenvalue weighted by molar-refractivity contribution is 7.99. The van der Waals surface area contributed by atoms with E-state index in [2.05, 4.69) is 27.0 Å². The number of thiophene rings is 1. The van der Waals surface area contributed by atoms with Crippen LogP contribution in [0.4, 0.5) is 0 Å².